The third-order valence-corrected chi connectivity index (χ3v) is 2.82. The van der Waals surface area contributed by atoms with Crippen LogP contribution in [0.5, 0.6) is 0 Å². The van der Waals surface area contributed by atoms with Gasteiger partial charge in [0, 0.05) is 5.56 Å². The largest absolute Gasteiger partial charge is 0.239 e. The summed E-state index contributed by atoms with van der Waals surface area (Å²) in [6.07, 6.45) is 1.93. The highest BCUT2D eigenvalue weighted by Crippen LogP contribution is 2.20. The molecule has 0 saturated carbocycles. The first kappa shape index (κ1) is 10.7. The molecule has 2 rings (SSSR count). The molecule has 2 nitrogen and oxygen atoms in total. The van der Waals surface area contributed by atoms with Crippen LogP contribution in [0, 0.1) is 17.2 Å². The lowest BCUT2D eigenvalue weighted by molar-refractivity contribution is 1.03. The number of hydrogen-bond acceptors (Lipinski definition) is 2. The van der Waals surface area contributed by atoms with Crippen LogP contribution in [-0.4, -0.2) is 10.7 Å². The maximum Gasteiger partial charge on any atom is 0.125 e. The van der Waals surface area contributed by atoms with Crippen LogP contribution in [-0.2, 0) is 0 Å². The molecule has 1 aromatic carbocycles. The van der Waals surface area contributed by atoms with Gasteiger partial charge in [0.15, 0.2) is 0 Å². The number of benzene rings is 1. The summed E-state index contributed by atoms with van der Waals surface area (Å²) in [4.78, 5) is 4.76. The predicted octanol–water partition coefficient (Wildman–Crippen LogP) is 2.90. The van der Waals surface area contributed by atoms with Crippen LogP contribution in [0.15, 0.2) is 47.0 Å². The van der Waals surface area contributed by atoms with Crippen molar-refractivity contribution >= 4 is 22.9 Å². The Morgan fingerprint density at radius 3 is 2.56 bits per heavy atom. The monoisotopic (exact) mass is 226 g/mol. The van der Waals surface area contributed by atoms with Crippen molar-refractivity contribution in [1.29, 1.82) is 5.26 Å². The molecule has 1 aliphatic heterocycles. The predicted molar refractivity (Wildman–Crippen MR) is 68.4 cm³/mol. The van der Waals surface area contributed by atoms with Gasteiger partial charge in [-0.15, -0.1) is 0 Å². The van der Waals surface area contributed by atoms with Gasteiger partial charge in [-0.1, -0.05) is 42.5 Å². The average Bonchev–Trinajstić information content (AvgIpc) is 2.30. The van der Waals surface area contributed by atoms with E-state index in [1.165, 1.54) is 0 Å². The first-order chi connectivity index (χ1) is 7.72. The number of dihydropyridines is 1. The molecule has 0 N–H and O–H groups in total. The summed E-state index contributed by atoms with van der Waals surface area (Å²) < 4.78 is 0. The van der Waals surface area contributed by atoms with Gasteiger partial charge >= 0.3 is 0 Å². The number of hydrogen-bond donors (Lipinski definition) is 0. The third-order valence-electron chi connectivity index (χ3n) is 2.50. The van der Waals surface area contributed by atoms with Crippen LogP contribution in [0.25, 0.3) is 0 Å². The molecular weight excluding hydrogens is 216 g/mol. The molecule has 1 aromatic rings. The molecule has 0 fully saturated rings. The normalized spacial score (nSPS) is 19.8. The summed E-state index contributed by atoms with van der Waals surface area (Å²) in [6.45, 7) is 1.91. The molecule has 0 saturated heterocycles. The number of thiocarbonyl (C=S) groups is 1. The molecule has 1 aliphatic rings. The van der Waals surface area contributed by atoms with E-state index in [0.29, 0.717) is 4.99 Å². The molecule has 1 atom stereocenters. The van der Waals surface area contributed by atoms with E-state index in [1.54, 1.807) is 0 Å². The summed E-state index contributed by atoms with van der Waals surface area (Å²) >= 11 is 5.13. The van der Waals surface area contributed by atoms with Gasteiger partial charge in [-0.3, -0.25) is 0 Å². The standard InChI is InChI=1S/C13H10N2S/c1-9-7-12(10-5-3-2-4-6-10)15-13(16)11(9)8-14/h2-7,11H,1H3. The van der Waals surface area contributed by atoms with Crippen molar-refractivity contribution in [3.05, 3.63) is 47.5 Å². The molecule has 0 aromatic heterocycles. The summed E-state index contributed by atoms with van der Waals surface area (Å²) in [7, 11) is 0. The summed E-state index contributed by atoms with van der Waals surface area (Å²) in [6, 6.07) is 12.0. The van der Waals surface area contributed by atoms with E-state index in [9.17, 15) is 0 Å². The van der Waals surface area contributed by atoms with E-state index in [-0.39, 0.29) is 5.92 Å². The van der Waals surface area contributed by atoms with Crippen LogP contribution in [0.1, 0.15) is 12.5 Å². The summed E-state index contributed by atoms with van der Waals surface area (Å²) in [5.74, 6) is -0.345. The van der Waals surface area contributed by atoms with Gasteiger partial charge in [0.2, 0.25) is 0 Å². The maximum absolute atomic E-state index is 8.94. The molecule has 1 heterocycles. The van der Waals surface area contributed by atoms with Gasteiger partial charge in [-0.2, -0.15) is 5.26 Å². The highest BCUT2D eigenvalue weighted by atomic mass is 32.1. The Labute approximate surface area is 99.9 Å². The smallest absolute Gasteiger partial charge is 0.125 e. The minimum absolute atomic E-state index is 0.345. The van der Waals surface area contributed by atoms with Crippen LogP contribution >= 0.6 is 12.2 Å². The average molecular weight is 226 g/mol. The first-order valence-corrected chi connectivity index (χ1v) is 5.39. The van der Waals surface area contributed by atoms with Crippen molar-refractivity contribution in [2.75, 3.05) is 0 Å². The van der Waals surface area contributed by atoms with Crippen molar-refractivity contribution in [1.82, 2.24) is 0 Å². The second-order valence-electron chi connectivity index (χ2n) is 3.65. The topological polar surface area (TPSA) is 36.1 Å². The molecule has 78 valence electrons. The van der Waals surface area contributed by atoms with Crippen LogP contribution in [0.4, 0.5) is 0 Å². The lowest BCUT2D eigenvalue weighted by atomic mass is 9.95. The van der Waals surface area contributed by atoms with Crippen molar-refractivity contribution < 1.29 is 0 Å². The number of aliphatic imine (C=N–C) groups is 1. The second kappa shape index (κ2) is 4.38. The van der Waals surface area contributed by atoms with Gasteiger partial charge in [0.25, 0.3) is 0 Å². The number of nitriles is 1. The second-order valence-corrected chi connectivity index (χ2v) is 4.07. The van der Waals surface area contributed by atoms with Crippen molar-refractivity contribution in [2.24, 2.45) is 10.9 Å². The lowest BCUT2D eigenvalue weighted by Gasteiger charge is -2.15. The molecule has 0 radical (unpaired) electrons. The molecular formula is C13H10N2S. The number of allylic oxidation sites excluding steroid dienone is 1. The van der Waals surface area contributed by atoms with E-state index in [4.69, 9.17) is 17.5 Å². The highest BCUT2D eigenvalue weighted by molar-refractivity contribution is 7.80. The van der Waals surface area contributed by atoms with E-state index >= 15 is 0 Å². The molecule has 0 spiro atoms. The Morgan fingerprint density at radius 2 is 2.00 bits per heavy atom. The zero-order valence-electron chi connectivity index (χ0n) is 8.84. The Kier molecular flexibility index (Phi) is 2.93. The molecule has 0 bridgehead atoms. The minimum Gasteiger partial charge on any atom is -0.239 e. The minimum atomic E-state index is -0.345. The van der Waals surface area contributed by atoms with Crippen LogP contribution in [0.2, 0.25) is 0 Å². The quantitative estimate of drug-likeness (QED) is 0.690. The maximum atomic E-state index is 8.94. The Bertz CT molecular complexity index is 521. The van der Waals surface area contributed by atoms with E-state index < -0.39 is 0 Å². The van der Waals surface area contributed by atoms with Crippen LogP contribution < -0.4 is 0 Å². The number of nitrogens with zero attached hydrogens (tertiary/aromatic N) is 2. The molecule has 0 amide bonds. The van der Waals surface area contributed by atoms with Gasteiger partial charge < -0.3 is 0 Å². The SMILES string of the molecule is CC1=CC(c2ccccc2)=NC(=S)C1C#N. The van der Waals surface area contributed by atoms with Gasteiger partial charge in [-0.25, -0.2) is 4.99 Å². The van der Waals surface area contributed by atoms with Gasteiger partial charge in [0.05, 0.1) is 11.8 Å². The van der Waals surface area contributed by atoms with Gasteiger partial charge in [0.1, 0.15) is 10.9 Å². The molecule has 16 heavy (non-hydrogen) atoms. The third kappa shape index (κ3) is 1.93. The first-order valence-electron chi connectivity index (χ1n) is 4.98. The van der Waals surface area contributed by atoms with E-state index in [2.05, 4.69) is 11.1 Å². The van der Waals surface area contributed by atoms with E-state index in [1.807, 2.05) is 43.3 Å². The summed E-state index contributed by atoms with van der Waals surface area (Å²) in [5, 5.41) is 8.94. The van der Waals surface area contributed by atoms with Crippen molar-refractivity contribution in [3.63, 3.8) is 0 Å². The fourth-order valence-electron chi connectivity index (χ4n) is 1.62. The zero-order chi connectivity index (χ0) is 11.5. The van der Waals surface area contributed by atoms with Crippen molar-refractivity contribution in [2.45, 2.75) is 6.92 Å². The fraction of sp³-hybridized carbons (Fsp3) is 0.154. The fourth-order valence-corrected chi connectivity index (χ4v) is 1.96. The van der Waals surface area contributed by atoms with Crippen LogP contribution in [0.3, 0.4) is 0 Å². The highest BCUT2D eigenvalue weighted by Gasteiger charge is 2.20. The molecule has 0 aliphatic carbocycles. The Balaban J connectivity index is 2.41. The number of rotatable bonds is 1. The molecule has 3 heteroatoms. The Hall–Kier alpha value is -1.79. The Morgan fingerprint density at radius 1 is 1.31 bits per heavy atom. The molecule has 1 unspecified atom stereocenters. The lowest BCUT2D eigenvalue weighted by Crippen LogP contribution is -2.18. The van der Waals surface area contributed by atoms with Gasteiger partial charge in [-0.05, 0) is 18.6 Å². The summed E-state index contributed by atoms with van der Waals surface area (Å²) in [5.41, 5.74) is 2.83. The van der Waals surface area contributed by atoms with Crippen molar-refractivity contribution in [3.8, 4) is 6.07 Å². The van der Waals surface area contributed by atoms with E-state index in [0.717, 1.165) is 16.8 Å². The zero-order valence-corrected chi connectivity index (χ0v) is 9.66.